The lowest BCUT2D eigenvalue weighted by atomic mass is 9.82. The SMILES string of the molecule is CC.O=Nc1ccc(C(=O)N2CCC(O)(C3=CC=CC=CC3)CC2)c(O)c1. The van der Waals surface area contributed by atoms with Gasteiger partial charge in [-0.15, -0.1) is 4.91 Å². The highest BCUT2D eigenvalue weighted by atomic mass is 16.3. The maximum absolute atomic E-state index is 12.6. The second-order valence-electron chi connectivity index (χ2n) is 6.33. The Balaban J connectivity index is 0.00000126. The third-order valence-electron chi connectivity index (χ3n) is 4.79. The molecule has 144 valence electrons. The molecule has 6 nitrogen and oxygen atoms in total. The lowest BCUT2D eigenvalue weighted by Gasteiger charge is -2.39. The van der Waals surface area contributed by atoms with Crippen molar-refractivity contribution in [2.45, 2.75) is 38.7 Å². The Labute approximate surface area is 159 Å². The number of carbonyl (C=O) groups is 1. The van der Waals surface area contributed by atoms with Gasteiger partial charge < -0.3 is 15.1 Å². The van der Waals surface area contributed by atoms with Gasteiger partial charge in [0.25, 0.3) is 5.91 Å². The van der Waals surface area contributed by atoms with Crippen LogP contribution in [0.1, 0.15) is 43.5 Å². The molecular weight excluding hydrogens is 344 g/mol. The Hall–Kier alpha value is -2.73. The zero-order chi connectivity index (χ0) is 19.9. The van der Waals surface area contributed by atoms with Gasteiger partial charge in [-0.2, -0.15) is 0 Å². The van der Waals surface area contributed by atoms with Crippen LogP contribution in [-0.2, 0) is 0 Å². The van der Waals surface area contributed by atoms with E-state index < -0.39 is 5.60 Å². The number of aliphatic hydroxyl groups is 1. The number of hydrogen-bond acceptors (Lipinski definition) is 5. The van der Waals surface area contributed by atoms with Gasteiger partial charge in [0.1, 0.15) is 11.4 Å². The summed E-state index contributed by atoms with van der Waals surface area (Å²) in [5, 5.41) is 23.6. The Morgan fingerprint density at radius 1 is 1.15 bits per heavy atom. The zero-order valence-electron chi connectivity index (χ0n) is 15.8. The molecule has 0 spiro atoms. The van der Waals surface area contributed by atoms with E-state index in [1.165, 1.54) is 18.2 Å². The molecule has 1 fully saturated rings. The normalized spacial score (nSPS) is 18.0. The predicted octanol–water partition coefficient (Wildman–Crippen LogP) is 4.23. The Kier molecular flexibility index (Phi) is 7.07. The van der Waals surface area contributed by atoms with Crippen LogP contribution in [0.15, 0.2) is 59.3 Å². The molecule has 2 aliphatic rings. The fourth-order valence-electron chi connectivity index (χ4n) is 3.25. The summed E-state index contributed by atoms with van der Waals surface area (Å²) >= 11 is 0. The van der Waals surface area contributed by atoms with Gasteiger partial charge in [0.15, 0.2) is 0 Å². The molecule has 0 bridgehead atoms. The van der Waals surface area contributed by atoms with Crippen LogP contribution >= 0.6 is 0 Å². The van der Waals surface area contributed by atoms with E-state index in [1.54, 1.807) is 4.90 Å². The molecule has 0 unspecified atom stereocenters. The average Bonchev–Trinajstić information content (AvgIpc) is 3.00. The summed E-state index contributed by atoms with van der Waals surface area (Å²) in [4.78, 5) is 24.7. The van der Waals surface area contributed by atoms with Crippen LogP contribution in [-0.4, -0.2) is 39.7 Å². The summed E-state index contributed by atoms with van der Waals surface area (Å²) in [7, 11) is 0. The maximum atomic E-state index is 12.6. The third kappa shape index (κ3) is 4.71. The molecule has 27 heavy (non-hydrogen) atoms. The number of hydrogen-bond donors (Lipinski definition) is 2. The molecule has 1 saturated heterocycles. The van der Waals surface area contributed by atoms with E-state index >= 15 is 0 Å². The van der Waals surface area contributed by atoms with Crippen LogP contribution in [0, 0.1) is 4.91 Å². The van der Waals surface area contributed by atoms with Gasteiger partial charge in [0.05, 0.1) is 11.2 Å². The average molecular weight is 370 g/mol. The van der Waals surface area contributed by atoms with Crippen molar-refractivity contribution in [2.75, 3.05) is 13.1 Å². The number of carbonyl (C=O) groups excluding carboxylic acids is 1. The van der Waals surface area contributed by atoms with Gasteiger partial charge in [0, 0.05) is 19.2 Å². The van der Waals surface area contributed by atoms with Gasteiger partial charge in [-0.05, 0) is 42.1 Å². The van der Waals surface area contributed by atoms with Gasteiger partial charge in [-0.25, -0.2) is 0 Å². The summed E-state index contributed by atoms with van der Waals surface area (Å²) in [5.74, 6) is -0.573. The Morgan fingerprint density at radius 3 is 2.48 bits per heavy atom. The fourth-order valence-corrected chi connectivity index (χ4v) is 3.25. The van der Waals surface area contributed by atoms with Crippen molar-refractivity contribution in [1.29, 1.82) is 0 Å². The second kappa shape index (κ2) is 9.28. The quantitative estimate of drug-likeness (QED) is 0.779. The molecule has 1 amide bonds. The van der Waals surface area contributed by atoms with E-state index in [9.17, 15) is 19.9 Å². The standard InChI is InChI=1S/C19H20N2O4.C2H6/c22-17-13-15(20-25)7-8-16(17)18(23)21-11-9-19(24,10-12-21)14-5-3-1-2-4-6-14;1-2/h1-5,7-8,13,22,24H,6,9-12H2;1-2H3. The van der Waals surface area contributed by atoms with Crippen molar-refractivity contribution < 1.29 is 15.0 Å². The Morgan fingerprint density at radius 2 is 1.85 bits per heavy atom. The first kappa shape index (κ1) is 20.6. The van der Waals surface area contributed by atoms with Gasteiger partial charge in [0.2, 0.25) is 0 Å². The first-order chi connectivity index (χ1) is 13.0. The number of amides is 1. The topological polar surface area (TPSA) is 90.2 Å². The number of likely N-dealkylation sites (tertiary alicyclic amines) is 1. The lowest BCUT2D eigenvalue weighted by Crippen LogP contribution is -2.47. The molecule has 3 rings (SSSR count). The van der Waals surface area contributed by atoms with Crippen molar-refractivity contribution in [3.05, 3.63) is 64.6 Å². The van der Waals surface area contributed by atoms with Crippen LogP contribution in [0.4, 0.5) is 5.69 Å². The Bertz CT molecular complexity index is 772. The predicted molar refractivity (Wildman–Crippen MR) is 106 cm³/mol. The molecule has 1 aromatic rings. The summed E-state index contributed by atoms with van der Waals surface area (Å²) in [6.45, 7) is 4.79. The minimum atomic E-state index is -0.914. The number of piperidine rings is 1. The number of rotatable bonds is 3. The van der Waals surface area contributed by atoms with Crippen LogP contribution < -0.4 is 0 Å². The number of benzene rings is 1. The van der Waals surface area contributed by atoms with Crippen molar-refractivity contribution in [1.82, 2.24) is 4.90 Å². The largest absolute Gasteiger partial charge is 0.507 e. The highest BCUT2D eigenvalue weighted by Gasteiger charge is 2.37. The molecular formula is C21H26N2O4. The minimum absolute atomic E-state index is 0.0727. The molecule has 0 atom stereocenters. The summed E-state index contributed by atoms with van der Waals surface area (Å²) in [6, 6.07) is 3.98. The smallest absolute Gasteiger partial charge is 0.257 e. The minimum Gasteiger partial charge on any atom is -0.507 e. The summed E-state index contributed by atoms with van der Waals surface area (Å²) in [6.07, 6.45) is 11.3. The number of allylic oxidation sites excluding steroid dienone is 5. The molecule has 1 heterocycles. The number of nitrogens with zero attached hydrogens (tertiary/aromatic N) is 2. The van der Waals surface area contributed by atoms with Gasteiger partial charge >= 0.3 is 0 Å². The molecule has 0 aromatic heterocycles. The van der Waals surface area contributed by atoms with Crippen molar-refractivity contribution in [2.24, 2.45) is 5.18 Å². The van der Waals surface area contributed by atoms with E-state index in [2.05, 4.69) is 5.18 Å². The molecule has 2 N–H and O–H groups in total. The molecule has 0 radical (unpaired) electrons. The van der Waals surface area contributed by atoms with Gasteiger partial charge in [-0.3, -0.25) is 4.79 Å². The first-order valence-electron chi connectivity index (χ1n) is 9.24. The number of nitroso groups, excluding NO2 is 1. The molecule has 1 aliphatic carbocycles. The van der Waals surface area contributed by atoms with E-state index in [4.69, 9.17) is 0 Å². The molecule has 6 heteroatoms. The summed E-state index contributed by atoms with van der Waals surface area (Å²) < 4.78 is 0. The van der Waals surface area contributed by atoms with Crippen molar-refractivity contribution in [3.63, 3.8) is 0 Å². The molecule has 1 aromatic carbocycles. The zero-order valence-corrected chi connectivity index (χ0v) is 15.8. The maximum Gasteiger partial charge on any atom is 0.257 e. The fraction of sp³-hybridized carbons (Fsp3) is 0.381. The number of aromatic hydroxyl groups is 1. The lowest BCUT2D eigenvalue weighted by molar-refractivity contribution is 0.00945. The monoisotopic (exact) mass is 370 g/mol. The van der Waals surface area contributed by atoms with E-state index in [1.807, 2.05) is 44.2 Å². The highest BCUT2D eigenvalue weighted by molar-refractivity contribution is 5.97. The van der Waals surface area contributed by atoms with E-state index in [-0.39, 0.29) is 22.9 Å². The van der Waals surface area contributed by atoms with E-state index in [0.29, 0.717) is 32.4 Å². The van der Waals surface area contributed by atoms with Gasteiger partial charge in [-0.1, -0.05) is 44.2 Å². The van der Waals surface area contributed by atoms with Crippen molar-refractivity contribution >= 4 is 11.6 Å². The van der Waals surface area contributed by atoms with Crippen LogP contribution in [0.5, 0.6) is 5.75 Å². The third-order valence-corrected chi connectivity index (χ3v) is 4.79. The van der Waals surface area contributed by atoms with Crippen molar-refractivity contribution in [3.8, 4) is 5.75 Å². The van der Waals surface area contributed by atoms with Crippen LogP contribution in [0.3, 0.4) is 0 Å². The highest BCUT2D eigenvalue weighted by Crippen LogP contribution is 2.34. The van der Waals surface area contributed by atoms with Crippen LogP contribution in [0.2, 0.25) is 0 Å². The van der Waals surface area contributed by atoms with Crippen LogP contribution in [0.25, 0.3) is 0 Å². The first-order valence-corrected chi connectivity index (χ1v) is 9.24. The number of phenols is 1. The molecule has 0 saturated carbocycles. The van der Waals surface area contributed by atoms with E-state index in [0.717, 1.165) is 5.57 Å². The second-order valence-corrected chi connectivity index (χ2v) is 6.33. The number of phenolic OH excluding ortho intramolecular Hbond substituents is 1. The summed E-state index contributed by atoms with van der Waals surface area (Å²) in [5.41, 5.74) is 0.248. The molecule has 1 aliphatic heterocycles.